The van der Waals surface area contributed by atoms with Gasteiger partial charge < -0.3 is 0 Å². The van der Waals surface area contributed by atoms with Crippen LogP contribution in [0.1, 0.15) is 110 Å². The van der Waals surface area contributed by atoms with Crippen LogP contribution in [0.3, 0.4) is 0 Å². The highest BCUT2D eigenvalue weighted by molar-refractivity contribution is 5.32. The third-order valence-corrected chi connectivity index (χ3v) is 2.90. The average Bonchev–Trinajstić information content (AvgIpc) is 2.89. The maximum absolute atomic E-state index is 8.18. The van der Waals surface area contributed by atoms with Crippen molar-refractivity contribution in [3.8, 4) is 30.0 Å². The van der Waals surface area contributed by atoms with E-state index in [1.165, 1.54) is 6.42 Å². The normalized spacial score (nSPS) is 9.09. The number of rotatable bonds is 1. The van der Waals surface area contributed by atoms with E-state index in [-0.39, 0.29) is 0 Å². The lowest BCUT2D eigenvalue weighted by Crippen LogP contribution is -1.73. The molecular formula is C31H53N3. The van der Waals surface area contributed by atoms with Gasteiger partial charge in [-0.2, -0.15) is 15.8 Å². The predicted octanol–water partition coefficient (Wildman–Crippen LogP) is 10.4. The van der Waals surface area contributed by atoms with Crippen LogP contribution < -0.4 is 0 Å². The van der Waals surface area contributed by atoms with Gasteiger partial charge in [-0.25, -0.2) is 0 Å². The van der Waals surface area contributed by atoms with E-state index in [0.29, 0.717) is 11.1 Å². The smallest absolute Gasteiger partial charge is 0.0954 e. The minimum absolute atomic E-state index is 0.493. The molecule has 3 nitrogen and oxygen atoms in total. The minimum Gasteiger partial charge on any atom is -0.193 e. The molecule has 34 heavy (non-hydrogen) atoms. The third-order valence-electron chi connectivity index (χ3n) is 2.90. The summed E-state index contributed by atoms with van der Waals surface area (Å²) in [5.41, 5.74) is 1.76. The molecule has 0 bridgehead atoms. The molecule has 0 aliphatic rings. The van der Waals surface area contributed by atoms with E-state index in [9.17, 15) is 0 Å². The Balaban J connectivity index is -0.0000000513. The van der Waals surface area contributed by atoms with Gasteiger partial charge in [0.1, 0.15) is 0 Å². The molecule has 0 rings (SSSR count). The highest BCUT2D eigenvalue weighted by Gasteiger charge is 1.89. The molecule has 0 atom stereocenters. The maximum atomic E-state index is 8.18. The van der Waals surface area contributed by atoms with E-state index in [4.69, 9.17) is 15.8 Å². The van der Waals surface area contributed by atoms with E-state index in [1.54, 1.807) is 26.8 Å². The molecule has 0 aromatic rings. The van der Waals surface area contributed by atoms with Crippen LogP contribution in [0.5, 0.6) is 0 Å². The van der Waals surface area contributed by atoms with Gasteiger partial charge in [0, 0.05) is 16.7 Å². The van der Waals surface area contributed by atoms with Crippen LogP contribution in [0.15, 0.2) is 59.3 Å². The second kappa shape index (κ2) is 63.0. The molecule has 0 aromatic carbocycles. The molecule has 0 unspecified atom stereocenters. The monoisotopic (exact) mass is 467 g/mol. The van der Waals surface area contributed by atoms with Crippen molar-refractivity contribution in [2.75, 3.05) is 0 Å². The summed E-state index contributed by atoms with van der Waals surface area (Å²) in [6, 6.07) is 5.72. The van der Waals surface area contributed by atoms with Crippen molar-refractivity contribution in [1.29, 1.82) is 15.8 Å². The Bertz CT molecular complexity index is 653. The lowest BCUT2D eigenvalue weighted by atomic mass is 10.2. The van der Waals surface area contributed by atoms with Gasteiger partial charge in [-0.05, 0) is 82.6 Å². The number of nitrogens with zero attached hydrogens (tertiary/aromatic N) is 3. The number of hydrogen-bond acceptors (Lipinski definition) is 3. The zero-order valence-electron chi connectivity index (χ0n) is 24.8. The summed E-state index contributed by atoms with van der Waals surface area (Å²) in [7, 11) is 0. The van der Waals surface area contributed by atoms with Crippen LogP contribution in [0.2, 0.25) is 0 Å². The SMILES string of the molecule is C/C(C#N)=C(/C)C#N.C/C=C(/C)C#N.C/C=C/C.C/C=C/CC.C/C=C\C.CC#CC.CCC. The number of hydrogen-bond donors (Lipinski definition) is 0. The Morgan fingerprint density at radius 1 is 0.588 bits per heavy atom. The first-order valence-electron chi connectivity index (χ1n) is 11.7. The second-order valence-electron chi connectivity index (χ2n) is 6.07. The molecule has 0 saturated carbocycles. The van der Waals surface area contributed by atoms with Crippen LogP contribution in [0.25, 0.3) is 0 Å². The van der Waals surface area contributed by atoms with E-state index in [0.717, 1.165) is 12.0 Å². The molecule has 192 valence electrons. The minimum atomic E-state index is 0.493. The van der Waals surface area contributed by atoms with Gasteiger partial charge in [-0.1, -0.05) is 69.7 Å². The van der Waals surface area contributed by atoms with Crippen LogP contribution in [-0.2, 0) is 0 Å². The Kier molecular flexibility index (Phi) is 89.4. The Morgan fingerprint density at radius 3 is 0.912 bits per heavy atom. The van der Waals surface area contributed by atoms with Crippen LogP contribution in [0, 0.1) is 45.8 Å². The molecule has 0 aliphatic heterocycles. The lowest BCUT2D eigenvalue weighted by molar-refractivity contribution is 1.09. The maximum Gasteiger partial charge on any atom is 0.0954 e. The molecule has 0 fully saturated rings. The highest BCUT2D eigenvalue weighted by atomic mass is 14.3. The van der Waals surface area contributed by atoms with E-state index >= 15 is 0 Å². The third kappa shape index (κ3) is 117. The molecule has 0 N–H and O–H groups in total. The molecule has 0 amide bonds. The molecular weight excluding hydrogens is 414 g/mol. The zero-order valence-corrected chi connectivity index (χ0v) is 24.8. The molecule has 0 aromatic heterocycles. The summed E-state index contributed by atoms with van der Waals surface area (Å²) in [6.45, 7) is 26.9. The first-order valence-corrected chi connectivity index (χ1v) is 11.7. The van der Waals surface area contributed by atoms with Crippen molar-refractivity contribution < 1.29 is 0 Å². The van der Waals surface area contributed by atoms with Crippen molar-refractivity contribution in [1.82, 2.24) is 0 Å². The average molecular weight is 468 g/mol. The summed E-state index contributed by atoms with van der Waals surface area (Å²) in [5.74, 6) is 5.36. The van der Waals surface area contributed by atoms with Gasteiger partial charge >= 0.3 is 0 Å². The van der Waals surface area contributed by atoms with E-state index in [1.807, 2.05) is 97.9 Å². The van der Waals surface area contributed by atoms with Crippen LogP contribution in [-0.4, -0.2) is 0 Å². The first kappa shape index (κ1) is 48.2. The number of allylic oxidation sites excluding steroid dienone is 10. The summed E-state index contributed by atoms with van der Waals surface area (Å²) in [5, 5.41) is 24.4. The van der Waals surface area contributed by atoms with Gasteiger partial charge in [-0.3, -0.25) is 0 Å². The first-order chi connectivity index (χ1) is 16.1. The summed E-state index contributed by atoms with van der Waals surface area (Å²) < 4.78 is 0. The fourth-order valence-corrected chi connectivity index (χ4v) is 0.468. The summed E-state index contributed by atoms with van der Waals surface area (Å²) in [4.78, 5) is 0. The van der Waals surface area contributed by atoms with Crippen molar-refractivity contribution >= 4 is 0 Å². The molecule has 0 aliphatic carbocycles. The molecule has 0 spiro atoms. The van der Waals surface area contributed by atoms with Crippen molar-refractivity contribution in [3.05, 3.63) is 59.3 Å². The zero-order chi connectivity index (χ0) is 28.6. The van der Waals surface area contributed by atoms with E-state index in [2.05, 4.69) is 44.8 Å². The Morgan fingerprint density at radius 2 is 0.882 bits per heavy atom. The Labute approximate surface area is 214 Å². The largest absolute Gasteiger partial charge is 0.193 e. The molecule has 3 heteroatoms. The topological polar surface area (TPSA) is 71.4 Å². The van der Waals surface area contributed by atoms with Gasteiger partial charge in [0.2, 0.25) is 0 Å². The predicted molar refractivity (Wildman–Crippen MR) is 156 cm³/mol. The molecule has 0 heterocycles. The Hall–Kier alpha value is -3.27. The van der Waals surface area contributed by atoms with Gasteiger partial charge in [-0.15, -0.1) is 11.8 Å². The van der Waals surface area contributed by atoms with Crippen LogP contribution in [0.4, 0.5) is 0 Å². The van der Waals surface area contributed by atoms with Crippen LogP contribution >= 0.6 is 0 Å². The van der Waals surface area contributed by atoms with E-state index < -0.39 is 0 Å². The second-order valence-corrected chi connectivity index (χ2v) is 6.07. The lowest BCUT2D eigenvalue weighted by Gasteiger charge is -1.81. The quantitative estimate of drug-likeness (QED) is 0.219. The van der Waals surface area contributed by atoms with Gasteiger partial charge in [0.25, 0.3) is 0 Å². The van der Waals surface area contributed by atoms with Crippen molar-refractivity contribution in [3.63, 3.8) is 0 Å². The van der Waals surface area contributed by atoms with Gasteiger partial charge in [0.05, 0.1) is 18.2 Å². The van der Waals surface area contributed by atoms with Crippen molar-refractivity contribution in [2.45, 2.75) is 110 Å². The highest BCUT2D eigenvalue weighted by Crippen LogP contribution is 1.97. The fraction of sp³-hybridized carbons (Fsp3) is 0.516. The molecule has 0 saturated heterocycles. The fourth-order valence-electron chi connectivity index (χ4n) is 0.468. The number of nitriles is 3. The van der Waals surface area contributed by atoms with Crippen molar-refractivity contribution in [2.24, 2.45) is 0 Å². The summed E-state index contributed by atoms with van der Waals surface area (Å²) >= 11 is 0. The molecule has 0 radical (unpaired) electrons. The standard InChI is InChI=1S/C6H6N2.C5H7N.C5H10.2C4H8.C4H6.C3H8/c1-5(3-7)6(2)4-8;1-3-5(2)4-6;1-3-5-4-2;3*1-3-4-2;1-3-2/h1-2H3;3H,1-2H3;3,5H,4H2,1-2H3;2*3-4H,1-2H3;1-2H3;3H2,1-2H3/b6-5+;5-3-;5-3+;4-3+;4-3-;;. The summed E-state index contributed by atoms with van der Waals surface area (Å²) in [6.07, 6.45) is 16.4. The van der Waals surface area contributed by atoms with Gasteiger partial charge in [0.15, 0.2) is 0 Å².